The van der Waals surface area contributed by atoms with E-state index in [1.807, 2.05) is 50.2 Å². The molecule has 1 atom stereocenters. The first-order chi connectivity index (χ1) is 10.1. The van der Waals surface area contributed by atoms with Crippen molar-refractivity contribution in [1.29, 1.82) is 0 Å². The molecule has 0 spiro atoms. The average Bonchev–Trinajstić information content (AvgIpc) is 2.49. The van der Waals surface area contributed by atoms with Crippen LogP contribution in [-0.4, -0.2) is 29.3 Å². The van der Waals surface area contributed by atoms with Crippen LogP contribution in [0.1, 0.15) is 16.8 Å². The lowest BCUT2D eigenvalue weighted by Gasteiger charge is -2.13. The van der Waals surface area contributed by atoms with Crippen LogP contribution in [0.5, 0.6) is 5.75 Å². The highest BCUT2D eigenvalue weighted by molar-refractivity contribution is 5.26. The zero-order valence-electron chi connectivity index (χ0n) is 12.5. The molecule has 0 fully saturated rings. The molecule has 2 rings (SSSR count). The molecule has 0 saturated carbocycles. The summed E-state index contributed by atoms with van der Waals surface area (Å²) in [5.74, 6) is 0.778. The minimum atomic E-state index is -0.546. The lowest BCUT2D eigenvalue weighted by molar-refractivity contribution is 0.106. The number of ether oxygens (including phenoxy) is 1. The van der Waals surface area contributed by atoms with E-state index in [1.165, 1.54) is 5.56 Å². The molecule has 4 heteroatoms. The van der Waals surface area contributed by atoms with Gasteiger partial charge in [-0.25, -0.2) is 0 Å². The standard InChI is InChI=1S/C17H22N2O2/c1-13-5-7-16(8-6-13)21-12-15(20)10-18-11-17-14(2)4-3-9-19-17/h3-9,15,18,20H,10-12H2,1-2H3. The fraction of sp³-hybridized carbons (Fsp3) is 0.353. The van der Waals surface area contributed by atoms with Gasteiger partial charge in [0, 0.05) is 19.3 Å². The smallest absolute Gasteiger partial charge is 0.119 e. The molecular formula is C17H22N2O2. The van der Waals surface area contributed by atoms with Crippen molar-refractivity contribution in [2.24, 2.45) is 0 Å². The van der Waals surface area contributed by atoms with Crippen LogP contribution in [0.2, 0.25) is 0 Å². The number of pyridine rings is 1. The maximum Gasteiger partial charge on any atom is 0.119 e. The van der Waals surface area contributed by atoms with Crippen LogP contribution < -0.4 is 10.1 Å². The SMILES string of the molecule is Cc1ccc(OCC(O)CNCc2ncccc2C)cc1. The summed E-state index contributed by atoms with van der Waals surface area (Å²) in [5, 5.41) is 13.1. The third kappa shape index (κ3) is 5.17. The largest absolute Gasteiger partial charge is 0.491 e. The van der Waals surface area contributed by atoms with Crippen molar-refractivity contribution in [3.05, 3.63) is 59.4 Å². The summed E-state index contributed by atoms with van der Waals surface area (Å²) in [6.45, 7) is 5.45. The molecule has 2 N–H and O–H groups in total. The Bertz CT molecular complexity index is 555. The van der Waals surface area contributed by atoms with Crippen molar-refractivity contribution >= 4 is 0 Å². The highest BCUT2D eigenvalue weighted by Gasteiger charge is 2.06. The molecule has 0 saturated heterocycles. The van der Waals surface area contributed by atoms with Crippen LogP contribution in [0.4, 0.5) is 0 Å². The van der Waals surface area contributed by atoms with Gasteiger partial charge in [-0.15, -0.1) is 0 Å². The number of benzene rings is 1. The Hall–Kier alpha value is -1.91. The van der Waals surface area contributed by atoms with E-state index in [4.69, 9.17) is 4.74 Å². The molecule has 0 bridgehead atoms. The summed E-state index contributed by atoms with van der Waals surface area (Å²) in [5.41, 5.74) is 3.34. The normalized spacial score (nSPS) is 12.1. The first-order valence-corrected chi connectivity index (χ1v) is 7.14. The number of aliphatic hydroxyl groups excluding tert-OH is 1. The average molecular weight is 286 g/mol. The van der Waals surface area contributed by atoms with Gasteiger partial charge in [0.2, 0.25) is 0 Å². The van der Waals surface area contributed by atoms with E-state index in [1.54, 1.807) is 6.20 Å². The van der Waals surface area contributed by atoms with Gasteiger partial charge in [0.05, 0.1) is 5.69 Å². The molecule has 1 aromatic carbocycles. The molecule has 4 nitrogen and oxygen atoms in total. The van der Waals surface area contributed by atoms with E-state index >= 15 is 0 Å². The summed E-state index contributed by atoms with van der Waals surface area (Å²) in [7, 11) is 0. The van der Waals surface area contributed by atoms with Gasteiger partial charge in [0.25, 0.3) is 0 Å². The predicted octanol–water partition coefficient (Wildman–Crippen LogP) is 2.23. The molecule has 0 aliphatic heterocycles. The molecule has 21 heavy (non-hydrogen) atoms. The number of nitrogens with one attached hydrogen (secondary N) is 1. The zero-order valence-corrected chi connectivity index (χ0v) is 12.5. The molecule has 2 aromatic rings. The molecule has 1 heterocycles. The highest BCUT2D eigenvalue weighted by Crippen LogP contribution is 2.11. The first kappa shape index (κ1) is 15.5. The second-order valence-electron chi connectivity index (χ2n) is 5.18. The third-order valence-corrected chi connectivity index (χ3v) is 3.25. The minimum Gasteiger partial charge on any atom is -0.491 e. The Morgan fingerprint density at radius 3 is 2.67 bits per heavy atom. The monoisotopic (exact) mass is 286 g/mol. The van der Waals surface area contributed by atoms with Crippen LogP contribution >= 0.6 is 0 Å². The van der Waals surface area contributed by atoms with Crippen molar-refractivity contribution in [2.75, 3.05) is 13.2 Å². The van der Waals surface area contributed by atoms with Gasteiger partial charge in [-0.05, 0) is 37.6 Å². The summed E-state index contributed by atoms with van der Waals surface area (Å²) in [6, 6.07) is 11.7. The summed E-state index contributed by atoms with van der Waals surface area (Å²) in [6.07, 6.45) is 1.23. The quantitative estimate of drug-likeness (QED) is 0.819. The van der Waals surface area contributed by atoms with Gasteiger partial charge >= 0.3 is 0 Å². The second-order valence-corrected chi connectivity index (χ2v) is 5.18. The Morgan fingerprint density at radius 2 is 1.95 bits per heavy atom. The number of aromatic nitrogens is 1. The molecule has 0 aliphatic rings. The van der Waals surface area contributed by atoms with Crippen molar-refractivity contribution in [3.63, 3.8) is 0 Å². The van der Waals surface area contributed by atoms with Gasteiger partial charge in [-0.3, -0.25) is 4.98 Å². The molecule has 1 aromatic heterocycles. The van der Waals surface area contributed by atoms with E-state index in [2.05, 4.69) is 10.3 Å². The number of hydrogen-bond donors (Lipinski definition) is 2. The van der Waals surface area contributed by atoms with Crippen molar-refractivity contribution < 1.29 is 9.84 Å². The maximum absolute atomic E-state index is 9.90. The van der Waals surface area contributed by atoms with Crippen molar-refractivity contribution in [2.45, 2.75) is 26.5 Å². The Kier molecular flexibility index (Phi) is 5.72. The van der Waals surface area contributed by atoms with Crippen LogP contribution in [-0.2, 0) is 6.54 Å². The van der Waals surface area contributed by atoms with Crippen LogP contribution in [0.3, 0.4) is 0 Å². The fourth-order valence-corrected chi connectivity index (χ4v) is 1.95. The summed E-state index contributed by atoms with van der Waals surface area (Å²) in [4.78, 5) is 4.30. The van der Waals surface area contributed by atoms with E-state index in [-0.39, 0.29) is 6.61 Å². The maximum atomic E-state index is 9.90. The molecule has 0 amide bonds. The fourth-order valence-electron chi connectivity index (χ4n) is 1.95. The minimum absolute atomic E-state index is 0.275. The zero-order chi connectivity index (χ0) is 15.1. The summed E-state index contributed by atoms with van der Waals surface area (Å²) < 4.78 is 5.54. The van der Waals surface area contributed by atoms with Gasteiger partial charge in [0.15, 0.2) is 0 Å². The first-order valence-electron chi connectivity index (χ1n) is 7.14. The Morgan fingerprint density at radius 1 is 1.19 bits per heavy atom. The number of rotatable bonds is 7. The number of nitrogens with zero attached hydrogens (tertiary/aromatic N) is 1. The molecular weight excluding hydrogens is 264 g/mol. The highest BCUT2D eigenvalue weighted by atomic mass is 16.5. The Labute approximate surface area is 125 Å². The molecule has 0 radical (unpaired) electrons. The molecule has 1 unspecified atom stereocenters. The predicted molar refractivity (Wildman–Crippen MR) is 83.4 cm³/mol. The molecule has 0 aliphatic carbocycles. The van der Waals surface area contributed by atoms with Crippen LogP contribution in [0.25, 0.3) is 0 Å². The van der Waals surface area contributed by atoms with E-state index < -0.39 is 6.10 Å². The van der Waals surface area contributed by atoms with E-state index in [0.717, 1.165) is 17.0 Å². The van der Waals surface area contributed by atoms with Gasteiger partial charge in [-0.1, -0.05) is 23.8 Å². The lowest BCUT2D eigenvalue weighted by atomic mass is 10.2. The van der Waals surface area contributed by atoms with E-state index in [9.17, 15) is 5.11 Å². The lowest BCUT2D eigenvalue weighted by Crippen LogP contribution is -2.31. The van der Waals surface area contributed by atoms with Crippen LogP contribution in [0, 0.1) is 13.8 Å². The Balaban J connectivity index is 1.69. The van der Waals surface area contributed by atoms with Gasteiger partial charge in [-0.2, -0.15) is 0 Å². The van der Waals surface area contributed by atoms with Crippen molar-refractivity contribution in [3.8, 4) is 5.75 Å². The van der Waals surface area contributed by atoms with E-state index in [0.29, 0.717) is 13.1 Å². The number of aryl methyl sites for hydroxylation is 2. The van der Waals surface area contributed by atoms with Crippen molar-refractivity contribution in [1.82, 2.24) is 10.3 Å². The van der Waals surface area contributed by atoms with Gasteiger partial charge in [0.1, 0.15) is 18.5 Å². The molecule has 112 valence electrons. The number of aliphatic hydroxyl groups is 1. The topological polar surface area (TPSA) is 54.4 Å². The van der Waals surface area contributed by atoms with Gasteiger partial charge < -0.3 is 15.2 Å². The van der Waals surface area contributed by atoms with Crippen LogP contribution in [0.15, 0.2) is 42.6 Å². The number of hydrogen-bond acceptors (Lipinski definition) is 4. The summed E-state index contributed by atoms with van der Waals surface area (Å²) >= 11 is 0. The third-order valence-electron chi connectivity index (χ3n) is 3.25. The second kappa shape index (κ2) is 7.76.